The lowest BCUT2D eigenvalue weighted by molar-refractivity contribution is -0.137. The van der Waals surface area contributed by atoms with Crippen molar-refractivity contribution in [3.05, 3.63) is 53.1 Å². The van der Waals surface area contributed by atoms with E-state index in [9.17, 15) is 26.4 Å². The van der Waals surface area contributed by atoms with Crippen molar-refractivity contribution in [2.75, 3.05) is 25.4 Å². The van der Waals surface area contributed by atoms with Crippen LogP contribution in [0.25, 0.3) is 0 Å². The summed E-state index contributed by atoms with van der Waals surface area (Å²) < 4.78 is 71.3. The lowest BCUT2D eigenvalue weighted by atomic mass is 10.2. The van der Waals surface area contributed by atoms with Crippen LogP contribution in [0.4, 0.5) is 18.9 Å². The molecule has 0 saturated heterocycles. The van der Waals surface area contributed by atoms with E-state index in [0.29, 0.717) is 6.07 Å². The lowest BCUT2D eigenvalue weighted by Crippen LogP contribution is -2.27. The zero-order valence-electron chi connectivity index (χ0n) is 14.7. The highest BCUT2D eigenvalue weighted by Gasteiger charge is 2.35. The predicted octanol–water partition coefficient (Wildman–Crippen LogP) is 3.63. The van der Waals surface area contributed by atoms with E-state index >= 15 is 0 Å². The Morgan fingerprint density at radius 3 is 2.29 bits per heavy atom. The second kappa shape index (κ2) is 8.27. The minimum absolute atomic E-state index is 0.177. The molecule has 0 spiro atoms. The third-order valence-electron chi connectivity index (χ3n) is 3.53. The molecule has 1 amide bonds. The Morgan fingerprint density at radius 2 is 1.75 bits per heavy atom. The molecule has 0 bridgehead atoms. The number of sulfonamides is 1. The number of hydrogen-bond donors (Lipinski definition) is 1. The van der Waals surface area contributed by atoms with Crippen LogP contribution in [0.1, 0.15) is 5.56 Å². The Morgan fingerprint density at radius 1 is 1.14 bits per heavy atom. The number of likely N-dealkylation sites (N-methyl/N-ethyl adjacent to an activating group) is 1. The lowest BCUT2D eigenvalue weighted by Gasteiger charge is -2.15. The molecule has 152 valence electrons. The molecule has 0 aliphatic rings. The van der Waals surface area contributed by atoms with Gasteiger partial charge in [0.25, 0.3) is 15.9 Å². The van der Waals surface area contributed by atoms with Crippen LogP contribution in [-0.2, 0) is 21.0 Å². The first-order chi connectivity index (χ1) is 12.9. The van der Waals surface area contributed by atoms with Gasteiger partial charge in [-0.15, -0.1) is 0 Å². The van der Waals surface area contributed by atoms with Gasteiger partial charge in [-0.05, 0) is 42.5 Å². The van der Waals surface area contributed by atoms with Crippen molar-refractivity contribution in [3.63, 3.8) is 0 Å². The van der Waals surface area contributed by atoms with E-state index in [2.05, 4.69) is 0 Å². The maximum Gasteiger partial charge on any atom is 0.418 e. The van der Waals surface area contributed by atoms with Crippen LogP contribution in [0.15, 0.2) is 47.4 Å². The molecule has 0 fully saturated rings. The van der Waals surface area contributed by atoms with Gasteiger partial charge in [-0.2, -0.15) is 13.2 Å². The van der Waals surface area contributed by atoms with Crippen LogP contribution >= 0.6 is 11.6 Å². The number of ether oxygens (including phenoxy) is 1. The number of halogens is 4. The number of benzene rings is 2. The van der Waals surface area contributed by atoms with E-state index in [1.807, 2.05) is 4.72 Å². The zero-order valence-corrected chi connectivity index (χ0v) is 16.3. The summed E-state index contributed by atoms with van der Waals surface area (Å²) in [5, 5.41) is -0.177. The largest absolute Gasteiger partial charge is 0.484 e. The topological polar surface area (TPSA) is 75.7 Å². The Bertz CT molecular complexity index is 961. The second-order valence-corrected chi connectivity index (χ2v) is 7.96. The number of rotatable bonds is 6. The zero-order chi connectivity index (χ0) is 21.1. The minimum atomic E-state index is -4.79. The molecule has 28 heavy (non-hydrogen) atoms. The molecule has 11 heteroatoms. The molecule has 0 atom stereocenters. The summed E-state index contributed by atoms with van der Waals surface area (Å²) in [7, 11) is -1.19. The fourth-order valence-electron chi connectivity index (χ4n) is 2.03. The highest BCUT2D eigenvalue weighted by Crippen LogP contribution is 2.37. The van der Waals surface area contributed by atoms with Gasteiger partial charge < -0.3 is 9.64 Å². The van der Waals surface area contributed by atoms with Gasteiger partial charge >= 0.3 is 6.18 Å². The first-order valence-electron chi connectivity index (χ1n) is 7.73. The molecule has 1 N–H and O–H groups in total. The van der Waals surface area contributed by atoms with Crippen LogP contribution in [0.3, 0.4) is 0 Å². The highest BCUT2D eigenvalue weighted by atomic mass is 35.5. The van der Waals surface area contributed by atoms with Gasteiger partial charge in [-0.25, -0.2) is 8.42 Å². The third-order valence-corrected chi connectivity index (χ3v) is 5.14. The number of anilines is 1. The van der Waals surface area contributed by atoms with Crippen molar-refractivity contribution in [1.29, 1.82) is 0 Å². The molecule has 0 aliphatic carbocycles. The first kappa shape index (κ1) is 21.8. The maximum absolute atomic E-state index is 13.1. The molecular formula is C17H16ClF3N2O4S. The Kier molecular flexibility index (Phi) is 6.45. The van der Waals surface area contributed by atoms with Gasteiger partial charge in [0, 0.05) is 19.1 Å². The van der Waals surface area contributed by atoms with Crippen LogP contribution < -0.4 is 9.46 Å². The van der Waals surface area contributed by atoms with E-state index in [4.69, 9.17) is 16.3 Å². The SMILES string of the molecule is CN(C)C(=O)COc1ccc(S(=O)(=O)Nc2ccc(Cl)cc2C(F)(F)F)cc1. The van der Waals surface area contributed by atoms with Crippen molar-refractivity contribution >= 4 is 33.2 Å². The Hall–Kier alpha value is -2.46. The fourth-order valence-corrected chi connectivity index (χ4v) is 3.28. The van der Waals surface area contributed by atoms with E-state index in [1.54, 1.807) is 14.1 Å². The van der Waals surface area contributed by atoms with Crippen molar-refractivity contribution in [3.8, 4) is 5.75 Å². The summed E-state index contributed by atoms with van der Waals surface area (Å²) in [5.74, 6) is -0.0580. The second-order valence-electron chi connectivity index (χ2n) is 5.84. The number of nitrogens with zero attached hydrogens (tertiary/aromatic N) is 1. The smallest absolute Gasteiger partial charge is 0.418 e. The Balaban J connectivity index is 2.21. The van der Waals surface area contributed by atoms with Crippen molar-refractivity contribution in [2.24, 2.45) is 0 Å². The van der Waals surface area contributed by atoms with Gasteiger partial charge in [0.05, 0.1) is 16.1 Å². The standard InChI is InChI=1S/C17H16ClF3N2O4S/c1-23(2)16(24)10-27-12-4-6-13(7-5-12)28(25,26)22-15-8-3-11(18)9-14(15)17(19,20)21/h3-9,22H,10H2,1-2H3. The number of nitrogens with one attached hydrogen (secondary N) is 1. The van der Waals surface area contributed by atoms with E-state index in [0.717, 1.165) is 24.3 Å². The fraction of sp³-hybridized carbons (Fsp3) is 0.235. The quantitative estimate of drug-likeness (QED) is 0.750. The first-order valence-corrected chi connectivity index (χ1v) is 9.59. The molecule has 0 radical (unpaired) electrons. The summed E-state index contributed by atoms with van der Waals surface area (Å²) in [6, 6.07) is 7.62. The molecule has 0 saturated carbocycles. The molecule has 0 aliphatic heterocycles. The van der Waals surface area contributed by atoms with Gasteiger partial charge in [-0.1, -0.05) is 11.6 Å². The van der Waals surface area contributed by atoms with Gasteiger partial charge in [-0.3, -0.25) is 9.52 Å². The Labute approximate surface area is 164 Å². The molecule has 2 aromatic rings. The van der Waals surface area contributed by atoms with Crippen LogP contribution in [0.2, 0.25) is 5.02 Å². The highest BCUT2D eigenvalue weighted by molar-refractivity contribution is 7.92. The van der Waals surface area contributed by atoms with Gasteiger partial charge in [0.1, 0.15) is 5.75 Å². The van der Waals surface area contributed by atoms with E-state index in [1.165, 1.54) is 17.0 Å². The average Bonchev–Trinajstić information content (AvgIpc) is 2.60. The van der Waals surface area contributed by atoms with Crippen LogP contribution in [0.5, 0.6) is 5.75 Å². The number of carbonyl (C=O) groups excluding carboxylic acids is 1. The number of carbonyl (C=O) groups is 1. The molecule has 2 rings (SSSR count). The summed E-state index contributed by atoms with van der Waals surface area (Å²) in [4.78, 5) is 12.5. The van der Waals surface area contributed by atoms with E-state index < -0.39 is 27.5 Å². The van der Waals surface area contributed by atoms with Crippen molar-refractivity contribution < 1.29 is 31.1 Å². The summed E-state index contributed by atoms with van der Waals surface area (Å²) >= 11 is 5.58. The molecule has 0 heterocycles. The number of alkyl halides is 3. The summed E-state index contributed by atoms with van der Waals surface area (Å²) in [5.41, 5.74) is -1.85. The third kappa shape index (κ3) is 5.52. The van der Waals surface area contributed by atoms with Crippen LogP contribution in [-0.4, -0.2) is 39.9 Å². The van der Waals surface area contributed by atoms with Gasteiger partial charge in [0.15, 0.2) is 6.61 Å². The van der Waals surface area contributed by atoms with E-state index in [-0.39, 0.29) is 28.2 Å². The van der Waals surface area contributed by atoms with Crippen molar-refractivity contribution in [1.82, 2.24) is 4.90 Å². The normalized spacial score (nSPS) is 11.8. The van der Waals surface area contributed by atoms with Gasteiger partial charge in [0.2, 0.25) is 0 Å². The summed E-state index contributed by atoms with van der Waals surface area (Å²) in [6.07, 6.45) is -4.79. The molecular weight excluding hydrogens is 421 g/mol. The molecule has 0 aromatic heterocycles. The average molecular weight is 437 g/mol. The maximum atomic E-state index is 13.1. The molecule has 0 unspecified atom stereocenters. The monoisotopic (exact) mass is 436 g/mol. The predicted molar refractivity (Wildman–Crippen MR) is 97.9 cm³/mol. The van der Waals surface area contributed by atoms with Crippen LogP contribution in [0, 0.1) is 0 Å². The summed E-state index contributed by atoms with van der Waals surface area (Å²) in [6.45, 7) is -0.239. The molecule has 2 aromatic carbocycles. The van der Waals surface area contributed by atoms with Crippen molar-refractivity contribution in [2.45, 2.75) is 11.1 Å². The number of amides is 1. The molecule has 6 nitrogen and oxygen atoms in total. The minimum Gasteiger partial charge on any atom is -0.484 e. The number of hydrogen-bond acceptors (Lipinski definition) is 4.